The summed E-state index contributed by atoms with van der Waals surface area (Å²) in [7, 11) is 0. The molecule has 0 atom stereocenters. The largest absolute Gasteiger partial charge is 0.357 e. The fourth-order valence-corrected chi connectivity index (χ4v) is 2.97. The number of aromatic nitrogens is 1. The molecular weight excluding hydrogens is 270 g/mol. The maximum Gasteiger partial charge on any atom is 0.189 e. The summed E-state index contributed by atoms with van der Waals surface area (Å²) in [4.78, 5) is 23.8. The van der Waals surface area contributed by atoms with Crippen molar-refractivity contribution < 1.29 is 0 Å². The van der Waals surface area contributed by atoms with Crippen molar-refractivity contribution in [3.05, 3.63) is 45.2 Å². The van der Waals surface area contributed by atoms with Gasteiger partial charge < -0.3 is 4.98 Å². The summed E-state index contributed by atoms with van der Waals surface area (Å²) < 4.78 is 0. The lowest BCUT2D eigenvalue weighted by Crippen LogP contribution is -2.07. The Morgan fingerprint density at radius 2 is 2.20 bits per heavy atom. The number of rotatable bonds is 2. The van der Waals surface area contributed by atoms with Crippen molar-refractivity contribution in [1.29, 1.82) is 0 Å². The Hall–Kier alpha value is -1.88. The highest BCUT2D eigenvalue weighted by Crippen LogP contribution is 2.20. The Kier molecular flexibility index (Phi) is 3.44. The van der Waals surface area contributed by atoms with Crippen LogP contribution in [0, 0.1) is 13.8 Å². The van der Waals surface area contributed by atoms with E-state index in [9.17, 15) is 4.79 Å². The Bertz CT molecular complexity index is 790. The fourth-order valence-electron chi connectivity index (χ4n) is 2.20. The quantitative estimate of drug-likeness (QED) is 0.922. The van der Waals surface area contributed by atoms with Gasteiger partial charge in [0.1, 0.15) is 6.34 Å². The molecule has 102 valence electrons. The second-order valence-corrected chi connectivity index (χ2v) is 5.91. The molecule has 0 radical (unpaired) electrons. The maximum atomic E-state index is 12.2. The van der Waals surface area contributed by atoms with Crippen LogP contribution in [0.4, 0.5) is 0 Å². The van der Waals surface area contributed by atoms with Gasteiger partial charge in [0, 0.05) is 22.9 Å². The van der Waals surface area contributed by atoms with Gasteiger partial charge in [-0.25, -0.2) is 4.99 Å². The number of benzene rings is 1. The second kappa shape index (κ2) is 5.25. The van der Waals surface area contributed by atoms with Crippen LogP contribution in [-0.4, -0.2) is 22.9 Å². The molecule has 1 aliphatic heterocycles. The van der Waals surface area contributed by atoms with E-state index < -0.39 is 0 Å². The van der Waals surface area contributed by atoms with E-state index in [4.69, 9.17) is 0 Å². The molecule has 2 aromatic rings. The molecule has 0 bridgehead atoms. The monoisotopic (exact) mass is 285 g/mol. The van der Waals surface area contributed by atoms with E-state index in [1.807, 2.05) is 19.1 Å². The molecule has 0 aliphatic carbocycles. The van der Waals surface area contributed by atoms with E-state index in [1.165, 1.54) is 5.56 Å². The van der Waals surface area contributed by atoms with Crippen molar-refractivity contribution >= 4 is 34.0 Å². The van der Waals surface area contributed by atoms with Gasteiger partial charge in [-0.2, -0.15) is 0 Å². The lowest BCUT2D eigenvalue weighted by molar-refractivity contribution is 1.19. The number of pyridine rings is 1. The first-order valence-corrected chi connectivity index (χ1v) is 7.43. The summed E-state index contributed by atoms with van der Waals surface area (Å²) in [6.45, 7) is 4.75. The van der Waals surface area contributed by atoms with Gasteiger partial charge in [-0.3, -0.25) is 9.79 Å². The van der Waals surface area contributed by atoms with Gasteiger partial charge >= 0.3 is 0 Å². The number of thioether (sulfide) groups is 1. The van der Waals surface area contributed by atoms with Gasteiger partial charge in [0.05, 0.1) is 17.1 Å². The number of H-pyrrole nitrogens is 1. The third-order valence-corrected chi connectivity index (χ3v) is 4.52. The zero-order valence-electron chi connectivity index (χ0n) is 11.4. The smallest absolute Gasteiger partial charge is 0.189 e. The molecule has 0 fully saturated rings. The summed E-state index contributed by atoms with van der Waals surface area (Å²) in [5.74, 6) is 0.709. The Morgan fingerprint density at radius 1 is 1.35 bits per heavy atom. The van der Waals surface area contributed by atoms with E-state index >= 15 is 0 Å². The third kappa shape index (κ3) is 2.41. The van der Waals surface area contributed by atoms with Crippen LogP contribution in [-0.2, 0) is 5.75 Å². The van der Waals surface area contributed by atoms with E-state index in [2.05, 4.69) is 21.9 Å². The van der Waals surface area contributed by atoms with Crippen LogP contribution in [0.2, 0.25) is 0 Å². The van der Waals surface area contributed by atoms with E-state index in [-0.39, 0.29) is 5.43 Å². The molecule has 5 heteroatoms. The first-order chi connectivity index (χ1) is 9.65. The minimum atomic E-state index is 0.0714. The SMILES string of the molecule is Cc1ccc2c(=O)cc(CSC3=NC=NC3)[nH]c2c1C. The predicted molar refractivity (Wildman–Crippen MR) is 86.1 cm³/mol. The third-order valence-electron chi connectivity index (χ3n) is 3.50. The molecule has 3 rings (SSSR count). The Labute approximate surface area is 121 Å². The Balaban J connectivity index is 1.96. The highest BCUT2D eigenvalue weighted by Gasteiger charge is 2.08. The summed E-state index contributed by atoms with van der Waals surface area (Å²) >= 11 is 1.62. The van der Waals surface area contributed by atoms with Crippen LogP contribution in [0.3, 0.4) is 0 Å². The number of hydrogen-bond acceptors (Lipinski definition) is 4. The highest BCUT2D eigenvalue weighted by atomic mass is 32.2. The van der Waals surface area contributed by atoms with Crippen molar-refractivity contribution in [1.82, 2.24) is 4.98 Å². The van der Waals surface area contributed by atoms with E-state index in [0.29, 0.717) is 12.3 Å². The summed E-state index contributed by atoms with van der Waals surface area (Å²) in [6.07, 6.45) is 1.58. The number of nitrogens with zero attached hydrogens (tertiary/aromatic N) is 2. The normalized spacial score (nSPS) is 14.0. The minimum Gasteiger partial charge on any atom is -0.357 e. The molecule has 0 saturated carbocycles. The average Bonchev–Trinajstić information content (AvgIpc) is 2.94. The minimum absolute atomic E-state index is 0.0714. The van der Waals surface area contributed by atoms with Crippen molar-refractivity contribution in [3.8, 4) is 0 Å². The first-order valence-electron chi connectivity index (χ1n) is 6.45. The zero-order chi connectivity index (χ0) is 14.1. The highest BCUT2D eigenvalue weighted by molar-refractivity contribution is 8.13. The lowest BCUT2D eigenvalue weighted by Gasteiger charge is -2.08. The molecule has 0 amide bonds. The summed E-state index contributed by atoms with van der Waals surface area (Å²) in [6, 6.07) is 5.56. The summed E-state index contributed by atoms with van der Waals surface area (Å²) in [5, 5.41) is 1.75. The maximum absolute atomic E-state index is 12.2. The average molecular weight is 285 g/mol. The van der Waals surface area contributed by atoms with Gasteiger partial charge in [0.2, 0.25) is 0 Å². The molecule has 2 heterocycles. The number of aromatic amines is 1. The molecule has 0 spiro atoms. The van der Waals surface area contributed by atoms with Gasteiger partial charge in [-0.15, -0.1) is 11.8 Å². The molecule has 4 nitrogen and oxygen atoms in total. The topological polar surface area (TPSA) is 57.6 Å². The molecule has 0 unspecified atom stereocenters. The molecule has 1 aliphatic rings. The van der Waals surface area contributed by atoms with Crippen LogP contribution >= 0.6 is 11.8 Å². The molecule has 20 heavy (non-hydrogen) atoms. The first kappa shape index (κ1) is 13.1. The predicted octanol–water partition coefficient (Wildman–Crippen LogP) is 2.82. The van der Waals surface area contributed by atoms with E-state index in [1.54, 1.807) is 24.2 Å². The van der Waals surface area contributed by atoms with E-state index in [0.717, 1.165) is 27.2 Å². The van der Waals surface area contributed by atoms with Crippen LogP contribution in [0.5, 0.6) is 0 Å². The zero-order valence-corrected chi connectivity index (χ0v) is 12.3. The van der Waals surface area contributed by atoms with Gasteiger partial charge in [-0.1, -0.05) is 6.07 Å². The molecule has 0 saturated heterocycles. The standard InChI is InChI=1S/C15H15N3OS/c1-9-3-4-12-13(19)5-11(18-15(12)10(9)2)7-20-14-6-16-8-17-14/h3-5,8H,6-7H2,1-2H3,(H,18,19). The lowest BCUT2D eigenvalue weighted by atomic mass is 10.0. The van der Waals surface area contributed by atoms with Crippen LogP contribution in [0.15, 0.2) is 33.0 Å². The number of fused-ring (bicyclic) bond motifs is 1. The van der Waals surface area contributed by atoms with Crippen LogP contribution < -0.4 is 5.43 Å². The summed E-state index contributed by atoms with van der Waals surface area (Å²) in [5.41, 5.74) is 4.26. The number of aryl methyl sites for hydroxylation is 2. The van der Waals surface area contributed by atoms with Crippen molar-refractivity contribution in [3.63, 3.8) is 0 Å². The van der Waals surface area contributed by atoms with Crippen molar-refractivity contribution in [2.45, 2.75) is 19.6 Å². The van der Waals surface area contributed by atoms with Crippen LogP contribution in [0.25, 0.3) is 10.9 Å². The van der Waals surface area contributed by atoms with Crippen molar-refractivity contribution in [2.75, 3.05) is 6.54 Å². The number of aliphatic imine (C=N–C) groups is 2. The number of hydrogen-bond donors (Lipinski definition) is 1. The second-order valence-electron chi connectivity index (χ2n) is 4.86. The Morgan fingerprint density at radius 3 is 2.95 bits per heavy atom. The van der Waals surface area contributed by atoms with Crippen LogP contribution in [0.1, 0.15) is 16.8 Å². The number of nitrogens with one attached hydrogen (secondary N) is 1. The molecule has 1 N–H and O–H groups in total. The molecule has 1 aromatic carbocycles. The van der Waals surface area contributed by atoms with Crippen molar-refractivity contribution in [2.24, 2.45) is 9.98 Å². The molecule has 1 aromatic heterocycles. The van der Waals surface area contributed by atoms with Gasteiger partial charge in [-0.05, 0) is 31.0 Å². The van der Waals surface area contributed by atoms with Gasteiger partial charge in [0.15, 0.2) is 5.43 Å². The fraction of sp³-hybridized carbons (Fsp3) is 0.267. The molecular formula is C15H15N3OS. The van der Waals surface area contributed by atoms with Gasteiger partial charge in [0.25, 0.3) is 0 Å².